The first-order chi connectivity index (χ1) is 7.61. The van der Waals surface area contributed by atoms with Crippen LogP contribution in [0.4, 0.5) is 0 Å². The third-order valence-electron chi connectivity index (χ3n) is 2.53. The molecule has 1 unspecified atom stereocenters. The van der Waals surface area contributed by atoms with E-state index >= 15 is 0 Å². The molecule has 0 aliphatic rings. The van der Waals surface area contributed by atoms with E-state index in [9.17, 15) is 0 Å². The molecule has 1 aromatic rings. The zero-order valence-electron chi connectivity index (χ0n) is 10.0. The maximum Gasteiger partial charge on any atom is 0.115 e. The number of aromatic nitrogens is 1. The quantitative estimate of drug-likeness (QED) is 0.625. The van der Waals surface area contributed by atoms with Gasteiger partial charge in [0.05, 0.1) is 5.02 Å². The van der Waals surface area contributed by atoms with E-state index in [0.717, 1.165) is 22.3 Å². The first kappa shape index (κ1) is 13.8. The SMILES string of the molecule is CC(C)C(C)NCCSc1ncccc1Cl. The molecule has 1 N–H and O–H groups in total. The normalized spacial score (nSPS) is 13.1. The van der Waals surface area contributed by atoms with Crippen LogP contribution in [0.1, 0.15) is 20.8 Å². The summed E-state index contributed by atoms with van der Waals surface area (Å²) >= 11 is 7.71. The van der Waals surface area contributed by atoms with Gasteiger partial charge in [-0.3, -0.25) is 0 Å². The Bertz CT molecular complexity index is 318. The van der Waals surface area contributed by atoms with Gasteiger partial charge in [-0.1, -0.05) is 25.4 Å². The van der Waals surface area contributed by atoms with Gasteiger partial charge in [0.25, 0.3) is 0 Å². The molecule has 4 heteroatoms. The number of hydrogen-bond donors (Lipinski definition) is 1. The van der Waals surface area contributed by atoms with Crippen LogP contribution in [-0.2, 0) is 0 Å². The van der Waals surface area contributed by atoms with Gasteiger partial charge in [-0.25, -0.2) is 4.98 Å². The summed E-state index contributed by atoms with van der Waals surface area (Å²) in [5.41, 5.74) is 0. The smallest absolute Gasteiger partial charge is 0.115 e. The molecule has 16 heavy (non-hydrogen) atoms. The molecule has 0 amide bonds. The van der Waals surface area contributed by atoms with Gasteiger partial charge in [-0.15, -0.1) is 11.8 Å². The van der Waals surface area contributed by atoms with Crippen molar-refractivity contribution in [2.75, 3.05) is 12.3 Å². The molecular weight excluding hydrogens is 240 g/mol. The molecule has 90 valence electrons. The number of pyridine rings is 1. The molecule has 1 rings (SSSR count). The van der Waals surface area contributed by atoms with E-state index in [-0.39, 0.29) is 0 Å². The second-order valence-corrected chi connectivity index (χ2v) is 5.62. The lowest BCUT2D eigenvalue weighted by Crippen LogP contribution is -2.32. The minimum Gasteiger partial charge on any atom is -0.313 e. The number of hydrogen-bond acceptors (Lipinski definition) is 3. The summed E-state index contributed by atoms with van der Waals surface area (Å²) in [5.74, 6) is 1.66. The van der Waals surface area contributed by atoms with Crippen LogP contribution in [0.3, 0.4) is 0 Å². The number of halogens is 1. The van der Waals surface area contributed by atoms with Crippen molar-refractivity contribution in [2.45, 2.75) is 31.8 Å². The van der Waals surface area contributed by atoms with Crippen LogP contribution >= 0.6 is 23.4 Å². The van der Waals surface area contributed by atoms with E-state index in [1.165, 1.54) is 0 Å². The maximum atomic E-state index is 6.01. The Balaban J connectivity index is 2.24. The molecule has 2 nitrogen and oxygen atoms in total. The van der Waals surface area contributed by atoms with E-state index in [1.807, 2.05) is 12.1 Å². The van der Waals surface area contributed by atoms with Crippen molar-refractivity contribution in [3.8, 4) is 0 Å². The van der Waals surface area contributed by atoms with E-state index in [4.69, 9.17) is 11.6 Å². The zero-order valence-corrected chi connectivity index (χ0v) is 11.6. The van der Waals surface area contributed by atoms with Gasteiger partial charge in [0.2, 0.25) is 0 Å². The molecule has 0 aliphatic heterocycles. The molecule has 1 heterocycles. The van der Waals surface area contributed by atoms with Crippen LogP contribution in [0.2, 0.25) is 5.02 Å². The predicted molar refractivity (Wildman–Crippen MR) is 72.3 cm³/mol. The summed E-state index contributed by atoms with van der Waals surface area (Å²) < 4.78 is 0. The van der Waals surface area contributed by atoms with Crippen molar-refractivity contribution in [2.24, 2.45) is 5.92 Å². The molecular formula is C12H19ClN2S. The van der Waals surface area contributed by atoms with Gasteiger partial charge in [0.1, 0.15) is 5.03 Å². The van der Waals surface area contributed by atoms with Crippen molar-refractivity contribution in [1.82, 2.24) is 10.3 Å². The number of thioether (sulfide) groups is 1. The van der Waals surface area contributed by atoms with Gasteiger partial charge in [-0.2, -0.15) is 0 Å². The Hall–Kier alpha value is -0.250. The van der Waals surface area contributed by atoms with Crippen LogP contribution in [0, 0.1) is 5.92 Å². The summed E-state index contributed by atoms with van der Waals surface area (Å²) in [6, 6.07) is 4.28. The second kappa shape index (κ2) is 7.15. The molecule has 0 spiro atoms. The lowest BCUT2D eigenvalue weighted by atomic mass is 10.1. The van der Waals surface area contributed by atoms with Crippen molar-refractivity contribution in [3.05, 3.63) is 23.4 Å². The first-order valence-electron chi connectivity index (χ1n) is 5.58. The van der Waals surface area contributed by atoms with Gasteiger partial charge in [0.15, 0.2) is 0 Å². The van der Waals surface area contributed by atoms with E-state index < -0.39 is 0 Å². The molecule has 0 saturated heterocycles. The minimum absolute atomic E-state index is 0.555. The fraction of sp³-hybridized carbons (Fsp3) is 0.583. The highest BCUT2D eigenvalue weighted by molar-refractivity contribution is 7.99. The highest BCUT2D eigenvalue weighted by Gasteiger charge is 2.06. The fourth-order valence-corrected chi connectivity index (χ4v) is 2.19. The summed E-state index contributed by atoms with van der Waals surface area (Å²) in [7, 11) is 0. The Morgan fingerprint density at radius 2 is 2.19 bits per heavy atom. The van der Waals surface area contributed by atoms with Gasteiger partial charge in [-0.05, 0) is 25.0 Å². The summed E-state index contributed by atoms with van der Waals surface area (Å²) in [4.78, 5) is 4.23. The summed E-state index contributed by atoms with van der Waals surface area (Å²) in [6.07, 6.45) is 1.78. The van der Waals surface area contributed by atoms with Crippen molar-refractivity contribution >= 4 is 23.4 Å². The lowest BCUT2D eigenvalue weighted by molar-refractivity contribution is 0.438. The van der Waals surface area contributed by atoms with Gasteiger partial charge in [0, 0.05) is 24.5 Å². The van der Waals surface area contributed by atoms with Crippen molar-refractivity contribution < 1.29 is 0 Å². The molecule has 0 radical (unpaired) electrons. The molecule has 0 bridgehead atoms. The Morgan fingerprint density at radius 3 is 2.81 bits per heavy atom. The molecule has 0 aromatic carbocycles. The maximum absolute atomic E-state index is 6.01. The highest BCUT2D eigenvalue weighted by Crippen LogP contribution is 2.23. The van der Waals surface area contributed by atoms with Crippen LogP contribution in [0.15, 0.2) is 23.4 Å². The Kier molecular flexibility index (Phi) is 6.17. The van der Waals surface area contributed by atoms with Gasteiger partial charge < -0.3 is 5.32 Å². The molecule has 0 fully saturated rings. The first-order valence-corrected chi connectivity index (χ1v) is 6.94. The van der Waals surface area contributed by atoms with Crippen LogP contribution in [0.25, 0.3) is 0 Å². The predicted octanol–water partition coefficient (Wildman–Crippen LogP) is 3.46. The molecule has 0 aliphatic carbocycles. The van der Waals surface area contributed by atoms with Gasteiger partial charge >= 0.3 is 0 Å². The lowest BCUT2D eigenvalue weighted by Gasteiger charge is -2.16. The number of nitrogens with one attached hydrogen (secondary N) is 1. The highest BCUT2D eigenvalue weighted by atomic mass is 35.5. The van der Waals surface area contributed by atoms with Crippen LogP contribution in [0.5, 0.6) is 0 Å². The molecule has 0 saturated carbocycles. The molecule has 1 atom stereocenters. The minimum atomic E-state index is 0.555. The third kappa shape index (κ3) is 4.73. The van der Waals surface area contributed by atoms with Crippen molar-refractivity contribution in [1.29, 1.82) is 0 Å². The fourth-order valence-electron chi connectivity index (χ4n) is 1.15. The average molecular weight is 259 g/mol. The van der Waals surface area contributed by atoms with E-state index in [1.54, 1.807) is 18.0 Å². The van der Waals surface area contributed by atoms with E-state index in [0.29, 0.717) is 12.0 Å². The second-order valence-electron chi connectivity index (χ2n) is 4.13. The standard InChI is InChI=1S/C12H19ClN2S/c1-9(2)10(3)14-7-8-16-12-11(13)5-4-6-15-12/h4-6,9-10,14H,7-8H2,1-3H3. The van der Waals surface area contributed by atoms with Crippen LogP contribution in [-0.4, -0.2) is 23.3 Å². The summed E-state index contributed by atoms with van der Waals surface area (Å²) in [6.45, 7) is 7.64. The molecule has 1 aromatic heterocycles. The third-order valence-corrected chi connectivity index (χ3v) is 3.96. The summed E-state index contributed by atoms with van der Waals surface area (Å²) in [5, 5.41) is 5.14. The Morgan fingerprint density at radius 1 is 1.44 bits per heavy atom. The topological polar surface area (TPSA) is 24.9 Å². The van der Waals surface area contributed by atoms with Crippen LogP contribution < -0.4 is 5.32 Å². The Labute approximate surface area is 107 Å². The largest absolute Gasteiger partial charge is 0.313 e. The van der Waals surface area contributed by atoms with E-state index in [2.05, 4.69) is 31.1 Å². The van der Waals surface area contributed by atoms with Crippen molar-refractivity contribution in [3.63, 3.8) is 0 Å². The number of nitrogens with zero attached hydrogens (tertiary/aromatic N) is 1. The number of rotatable bonds is 6. The monoisotopic (exact) mass is 258 g/mol. The zero-order chi connectivity index (χ0) is 12.0. The average Bonchev–Trinajstić information content (AvgIpc) is 2.26.